The van der Waals surface area contributed by atoms with Crippen LogP contribution in [0.5, 0.6) is 11.5 Å². The van der Waals surface area contributed by atoms with Crippen LogP contribution in [0.25, 0.3) is 0 Å². The normalized spacial score (nSPS) is 11.4. The fraction of sp³-hybridized carbons (Fsp3) is 0.345. The Bertz CT molecular complexity index is 1030. The first-order valence-electron chi connectivity index (χ1n) is 12.3. The van der Waals surface area contributed by atoms with E-state index in [9.17, 15) is 10.2 Å². The Morgan fingerprint density at radius 3 is 1.51 bits per heavy atom. The minimum absolute atomic E-state index is 0.132. The van der Waals surface area contributed by atoms with Gasteiger partial charge in [0.1, 0.15) is 0 Å². The van der Waals surface area contributed by atoms with Gasteiger partial charge in [0.15, 0.2) is 0 Å². The molecule has 0 unspecified atom stereocenters. The van der Waals surface area contributed by atoms with E-state index in [1.807, 2.05) is 18.2 Å². The van der Waals surface area contributed by atoms with Crippen molar-refractivity contribution >= 4 is 43.9 Å². The van der Waals surface area contributed by atoms with Crippen LogP contribution in [0, 0.1) is 0 Å². The molecule has 0 bridgehead atoms. The van der Waals surface area contributed by atoms with Crippen molar-refractivity contribution in [3.8, 4) is 11.5 Å². The molecule has 5 nitrogen and oxygen atoms in total. The number of pyridine rings is 1. The summed E-state index contributed by atoms with van der Waals surface area (Å²) in [6.07, 6.45) is 5.84. The summed E-state index contributed by atoms with van der Waals surface area (Å²) in [6, 6.07) is 18.7. The van der Waals surface area contributed by atoms with Crippen LogP contribution in [0.3, 0.4) is 0 Å². The zero-order valence-corrected chi connectivity index (χ0v) is 24.1. The summed E-state index contributed by atoms with van der Waals surface area (Å²) in [5, 5.41) is 23.6. The van der Waals surface area contributed by atoms with Crippen molar-refractivity contribution in [2.24, 2.45) is 9.98 Å². The molecule has 0 atom stereocenters. The topological polar surface area (TPSA) is 83.7 Å². The Morgan fingerprint density at radius 1 is 0.686 bits per heavy atom. The average molecular weight is 576 g/mol. The first-order valence-corrected chi connectivity index (χ1v) is 16.3. The number of nitrogens with zero attached hydrogens (tertiary/aromatic N) is 3. The fourth-order valence-electron chi connectivity index (χ4n) is 3.14. The molecule has 6 heteroatoms. The van der Waals surface area contributed by atoms with E-state index in [1.165, 1.54) is 37.8 Å². The van der Waals surface area contributed by atoms with Gasteiger partial charge in [0, 0.05) is 0 Å². The van der Waals surface area contributed by atoms with Crippen LogP contribution in [-0.4, -0.2) is 37.5 Å². The first kappa shape index (κ1) is 28.6. The monoisotopic (exact) mass is 577 g/mol. The molecule has 0 spiro atoms. The Balaban J connectivity index is 0.000000410. The molecule has 0 saturated carbocycles. The van der Waals surface area contributed by atoms with Crippen molar-refractivity contribution < 1.29 is 10.2 Å². The summed E-state index contributed by atoms with van der Waals surface area (Å²) < 4.78 is 3.25. The Morgan fingerprint density at radius 2 is 1.11 bits per heavy atom. The second-order valence-corrected chi connectivity index (χ2v) is 12.5. The maximum absolute atomic E-state index is 11.8. The van der Waals surface area contributed by atoms with Gasteiger partial charge in [-0.05, 0) is 38.1 Å². The SMILES string of the molecule is CC(=Nc1ccccc1[O-])c1cccc(C(C)=Nc2ccccc2[O-])n1.CCC[CH2][Sn+2][CH2]CCC. The summed E-state index contributed by atoms with van der Waals surface area (Å²) in [5.74, 6) is -0.263. The van der Waals surface area contributed by atoms with E-state index >= 15 is 0 Å². The van der Waals surface area contributed by atoms with Gasteiger partial charge < -0.3 is 10.2 Å². The van der Waals surface area contributed by atoms with E-state index < -0.39 is 0 Å². The van der Waals surface area contributed by atoms with Crippen LogP contribution in [0.15, 0.2) is 76.7 Å². The van der Waals surface area contributed by atoms with Crippen LogP contribution in [-0.2, 0) is 0 Å². The van der Waals surface area contributed by atoms with Crippen molar-refractivity contribution in [1.29, 1.82) is 0 Å². The summed E-state index contributed by atoms with van der Waals surface area (Å²) in [7, 11) is 0. The third-order valence-electron chi connectivity index (χ3n) is 5.21. The Labute approximate surface area is 220 Å². The first-order chi connectivity index (χ1) is 17.0. The molecule has 0 amide bonds. The van der Waals surface area contributed by atoms with Gasteiger partial charge in [-0.2, -0.15) is 0 Å². The summed E-state index contributed by atoms with van der Waals surface area (Å²) in [4.78, 5) is 13.3. The number of aliphatic imine (C=N–C) groups is 2. The van der Waals surface area contributed by atoms with E-state index in [1.54, 1.807) is 59.1 Å². The van der Waals surface area contributed by atoms with Gasteiger partial charge in [-0.25, -0.2) is 4.98 Å². The molecule has 0 fully saturated rings. The van der Waals surface area contributed by atoms with Crippen LogP contribution >= 0.6 is 0 Å². The molecule has 182 valence electrons. The van der Waals surface area contributed by atoms with Gasteiger partial charge in [0.2, 0.25) is 0 Å². The number of aromatic nitrogens is 1. The van der Waals surface area contributed by atoms with Gasteiger partial charge in [0.05, 0.1) is 34.2 Å². The Hall–Kier alpha value is -2.67. The molecule has 0 aliphatic carbocycles. The van der Waals surface area contributed by atoms with E-state index in [0.717, 1.165) is 0 Å². The van der Waals surface area contributed by atoms with Gasteiger partial charge >= 0.3 is 69.5 Å². The second kappa shape index (κ2) is 16.1. The third kappa shape index (κ3) is 10.2. The van der Waals surface area contributed by atoms with Crippen LogP contribution in [0.1, 0.15) is 64.8 Å². The zero-order valence-electron chi connectivity index (χ0n) is 21.3. The quantitative estimate of drug-likeness (QED) is 0.154. The van der Waals surface area contributed by atoms with Gasteiger partial charge in [-0.1, -0.05) is 54.0 Å². The molecule has 2 aromatic carbocycles. The molecule has 3 aromatic rings. The molecule has 0 saturated heterocycles. The Kier molecular flexibility index (Phi) is 13.1. The predicted molar refractivity (Wildman–Crippen MR) is 145 cm³/mol. The van der Waals surface area contributed by atoms with Gasteiger partial charge in [-0.3, -0.25) is 9.98 Å². The van der Waals surface area contributed by atoms with E-state index in [4.69, 9.17) is 0 Å². The number of unbranched alkanes of at least 4 members (excludes halogenated alkanes) is 2. The molecular weight excluding hydrogens is 541 g/mol. The van der Waals surface area contributed by atoms with E-state index in [0.29, 0.717) is 34.2 Å². The maximum atomic E-state index is 11.8. The van der Waals surface area contributed by atoms with Crippen molar-refractivity contribution in [2.45, 2.75) is 62.3 Å². The summed E-state index contributed by atoms with van der Waals surface area (Å²) >= 11 is 0.149. The minimum atomic E-state index is -0.132. The average Bonchev–Trinajstić information content (AvgIpc) is 2.87. The van der Waals surface area contributed by atoms with Crippen molar-refractivity contribution in [1.82, 2.24) is 4.98 Å². The third-order valence-corrected chi connectivity index (χ3v) is 9.25. The van der Waals surface area contributed by atoms with Crippen LogP contribution < -0.4 is 10.2 Å². The fourth-order valence-corrected chi connectivity index (χ4v) is 7.30. The number of para-hydroxylation sites is 4. The van der Waals surface area contributed by atoms with Crippen LogP contribution in [0.4, 0.5) is 11.4 Å². The molecule has 35 heavy (non-hydrogen) atoms. The number of benzene rings is 2. The number of hydrogen-bond donors (Lipinski definition) is 0. The zero-order chi connectivity index (χ0) is 25.5. The molecule has 0 aliphatic rings. The standard InChI is InChI=1S/C21H19N3O2.2C4H9.Sn/c1-14(22-18-8-3-5-12-20(18)25)16-10-7-11-17(24-16)15(2)23-19-9-4-6-13-21(19)26;2*1-3-4-2;/h3-13,25-26H,1-2H3;2*1,3-4H2,2H3;/q;;;+2/p-2. The molecule has 1 heterocycles. The molecular formula is C29H35N3O2Sn. The van der Waals surface area contributed by atoms with Gasteiger partial charge in [0.25, 0.3) is 0 Å². The van der Waals surface area contributed by atoms with E-state index in [-0.39, 0.29) is 32.6 Å². The molecule has 3 rings (SSSR count). The van der Waals surface area contributed by atoms with Gasteiger partial charge in [-0.15, -0.1) is 0 Å². The van der Waals surface area contributed by atoms with Crippen molar-refractivity contribution in [3.05, 3.63) is 78.1 Å². The number of hydrogen-bond acceptors (Lipinski definition) is 5. The second-order valence-electron chi connectivity index (χ2n) is 8.20. The summed E-state index contributed by atoms with van der Waals surface area (Å²) in [6.45, 7) is 8.19. The molecule has 1 aromatic heterocycles. The number of rotatable bonds is 10. The molecule has 0 aliphatic heterocycles. The van der Waals surface area contributed by atoms with E-state index in [2.05, 4.69) is 28.8 Å². The van der Waals surface area contributed by atoms with Crippen molar-refractivity contribution in [3.63, 3.8) is 0 Å². The predicted octanol–water partition coefficient (Wildman–Crippen LogP) is 6.64. The molecule has 0 radical (unpaired) electrons. The van der Waals surface area contributed by atoms with Crippen LogP contribution in [0.2, 0.25) is 8.87 Å². The molecule has 0 N–H and O–H groups in total. The van der Waals surface area contributed by atoms with Crippen molar-refractivity contribution in [2.75, 3.05) is 0 Å². The summed E-state index contributed by atoms with van der Waals surface area (Å²) in [5.41, 5.74) is 3.32.